The molecule has 1 aromatic rings. The van der Waals surface area contributed by atoms with Crippen molar-refractivity contribution >= 4 is 0 Å². The van der Waals surface area contributed by atoms with Gasteiger partial charge < -0.3 is 14.6 Å². The molecule has 108 valence electrons. The van der Waals surface area contributed by atoms with Crippen LogP contribution in [0.15, 0.2) is 6.20 Å². The quantitative estimate of drug-likeness (QED) is 0.805. The molecule has 6 heteroatoms. The number of aromatic nitrogens is 3. The molecule has 20 heavy (non-hydrogen) atoms. The van der Waals surface area contributed by atoms with E-state index in [4.69, 9.17) is 18.6 Å². The summed E-state index contributed by atoms with van der Waals surface area (Å²) < 4.78 is 27.8. The lowest BCUT2D eigenvalue weighted by Gasteiger charge is -2.15. The molecule has 3 heterocycles. The Morgan fingerprint density at radius 3 is 3.00 bits per heavy atom. The minimum Gasteiger partial charge on any atom is -0.390 e. The molecule has 0 aromatic carbocycles. The van der Waals surface area contributed by atoms with Crippen LogP contribution in [0.5, 0.6) is 0 Å². The fraction of sp³-hybridized carbons (Fsp3) is 0.714. The van der Waals surface area contributed by atoms with E-state index >= 15 is 0 Å². The lowest BCUT2D eigenvalue weighted by molar-refractivity contribution is 0.0423. The number of rotatable bonds is 4. The maximum absolute atomic E-state index is 9.82. The van der Waals surface area contributed by atoms with Crippen LogP contribution in [0, 0.1) is 12.3 Å². The van der Waals surface area contributed by atoms with Crippen LogP contribution in [0.1, 0.15) is 33.7 Å². The Kier molecular flexibility index (Phi) is 3.33. The predicted octanol–water partition coefficient (Wildman–Crippen LogP) is 0.324. The monoisotopic (exact) mass is 281 g/mol. The van der Waals surface area contributed by atoms with Crippen molar-refractivity contribution in [3.63, 3.8) is 0 Å². The van der Waals surface area contributed by atoms with Gasteiger partial charge in [-0.2, -0.15) is 0 Å². The second-order valence-electron chi connectivity index (χ2n) is 5.09. The van der Waals surface area contributed by atoms with Gasteiger partial charge >= 0.3 is 0 Å². The van der Waals surface area contributed by atoms with Crippen molar-refractivity contribution in [3.8, 4) is 12.3 Å². The molecule has 0 aliphatic carbocycles. The van der Waals surface area contributed by atoms with E-state index in [0.29, 0.717) is 31.4 Å². The summed E-state index contributed by atoms with van der Waals surface area (Å²) in [5.41, 5.74) is 0.686. The molecule has 6 nitrogen and oxygen atoms in total. The van der Waals surface area contributed by atoms with Crippen molar-refractivity contribution in [1.82, 2.24) is 15.0 Å². The second kappa shape index (κ2) is 5.92. The Bertz CT molecular complexity index is 562. The molecule has 0 radical (unpaired) electrons. The number of nitrogens with zero attached hydrogens (tertiary/aromatic N) is 3. The highest BCUT2D eigenvalue weighted by atomic mass is 16.5. The van der Waals surface area contributed by atoms with Gasteiger partial charge in [-0.05, 0) is 12.8 Å². The number of aliphatic hydroxyl groups excluding tert-OH is 1. The molecule has 0 unspecified atom stereocenters. The third-order valence-electron chi connectivity index (χ3n) is 3.70. The minimum atomic E-state index is -0.678. The summed E-state index contributed by atoms with van der Waals surface area (Å²) >= 11 is 0. The SMILES string of the molecule is [3H][C@H]1C[C@H](O)[C@@H](Cc2cn([C@H]3C[C@H]([3H])O[C@@H]3CC#C)nn2)O1. The van der Waals surface area contributed by atoms with Crippen molar-refractivity contribution in [2.45, 2.75) is 50.0 Å². The standard InChI is InChI=1S/C14H19N3O3/c1-2-3-13-11(4-6-19-13)17-9-10(15-16-17)8-14-12(18)5-7-20-14/h1,9,11-14,18H,3-8H2/t11-,12-,13+,14+/m0/s1/i6T,7T/t6-,7-,11-,12-,13+,14+. The Morgan fingerprint density at radius 1 is 1.45 bits per heavy atom. The lowest BCUT2D eigenvalue weighted by atomic mass is 10.1. The Balaban J connectivity index is 1.67. The number of terminal acetylenes is 1. The average Bonchev–Trinajstić information content (AvgIpc) is 3.12. The largest absolute Gasteiger partial charge is 0.390 e. The van der Waals surface area contributed by atoms with Crippen molar-refractivity contribution in [3.05, 3.63) is 11.9 Å². The zero-order valence-corrected chi connectivity index (χ0v) is 11.1. The zero-order chi connectivity index (χ0) is 15.7. The van der Waals surface area contributed by atoms with Crippen molar-refractivity contribution in [2.75, 3.05) is 13.2 Å². The molecular formula is C14H19N3O3. The van der Waals surface area contributed by atoms with Gasteiger partial charge in [0.1, 0.15) is 0 Å². The van der Waals surface area contributed by atoms with Gasteiger partial charge in [0, 0.05) is 32.2 Å². The second-order valence-corrected chi connectivity index (χ2v) is 5.09. The summed E-state index contributed by atoms with van der Waals surface area (Å²) in [7, 11) is 0. The van der Waals surface area contributed by atoms with Crippen molar-refractivity contribution in [1.29, 1.82) is 0 Å². The van der Waals surface area contributed by atoms with Crippen molar-refractivity contribution < 1.29 is 17.3 Å². The van der Waals surface area contributed by atoms with Gasteiger partial charge in [-0.1, -0.05) is 5.21 Å². The van der Waals surface area contributed by atoms with Crippen LogP contribution < -0.4 is 0 Å². The normalized spacial score (nSPS) is 42.2. The van der Waals surface area contributed by atoms with E-state index in [-0.39, 0.29) is 12.1 Å². The maximum Gasteiger partial charge on any atom is 0.0909 e. The zero-order valence-electron chi connectivity index (χ0n) is 13.1. The summed E-state index contributed by atoms with van der Waals surface area (Å²) in [6.07, 6.45) is 7.51. The fourth-order valence-corrected chi connectivity index (χ4v) is 2.58. The summed E-state index contributed by atoms with van der Waals surface area (Å²) in [5, 5.41) is 18.0. The summed E-state index contributed by atoms with van der Waals surface area (Å²) in [4.78, 5) is 0. The predicted molar refractivity (Wildman–Crippen MR) is 70.9 cm³/mol. The van der Waals surface area contributed by atoms with E-state index in [1.165, 1.54) is 0 Å². The minimum absolute atomic E-state index is 0.0989. The van der Waals surface area contributed by atoms with Gasteiger partial charge in [-0.3, -0.25) is 0 Å². The van der Waals surface area contributed by atoms with Crippen LogP contribution in [0.2, 0.25) is 0 Å². The molecular weight excluding hydrogens is 258 g/mol. The van der Waals surface area contributed by atoms with E-state index in [0.717, 1.165) is 0 Å². The van der Waals surface area contributed by atoms with E-state index < -0.39 is 25.4 Å². The molecule has 0 spiro atoms. The molecule has 1 aromatic heterocycles. The Labute approximate surface area is 120 Å². The van der Waals surface area contributed by atoms with Gasteiger partial charge in [0.2, 0.25) is 0 Å². The first-order valence-electron chi connectivity index (χ1n) is 7.90. The molecule has 2 aliphatic rings. The molecule has 2 fully saturated rings. The van der Waals surface area contributed by atoms with E-state index in [2.05, 4.69) is 16.2 Å². The summed E-state index contributed by atoms with van der Waals surface area (Å²) in [6.45, 7) is -1.28. The molecule has 2 saturated heterocycles. The molecule has 6 atom stereocenters. The summed E-state index contributed by atoms with van der Waals surface area (Å²) in [6, 6.07) is -0.0989. The van der Waals surface area contributed by atoms with E-state index in [9.17, 15) is 5.11 Å². The van der Waals surface area contributed by atoms with E-state index in [1.807, 2.05) is 0 Å². The average molecular weight is 281 g/mol. The lowest BCUT2D eigenvalue weighted by Crippen LogP contribution is -2.23. The smallest absolute Gasteiger partial charge is 0.0909 e. The molecule has 2 aliphatic heterocycles. The van der Waals surface area contributed by atoms with Crippen LogP contribution in [0.25, 0.3) is 0 Å². The van der Waals surface area contributed by atoms with Crippen LogP contribution in [-0.2, 0) is 15.9 Å². The Morgan fingerprint density at radius 2 is 2.25 bits per heavy atom. The molecule has 0 bridgehead atoms. The van der Waals surface area contributed by atoms with Crippen LogP contribution in [0.4, 0.5) is 0 Å². The van der Waals surface area contributed by atoms with E-state index in [1.54, 1.807) is 10.9 Å². The first kappa shape index (κ1) is 11.3. The van der Waals surface area contributed by atoms with Crippen molar-refractivity contribution in [2.24, 2.45) is 0 Å². The number of aliphatic hydroxyl groups is 1. The number of ether oxygens (including phenoxy) is 2. The highest BCUT2D eigenvalue weighted by molar-refractivity contribution is 5.00. The number of hydrogen-bond acceptors (Lipinski definition) is 5. The topological polar surface area (TPSA) is 69.4 Å². The van der Waals surface area contributed by atoms with Crippen LogP contribution in [0.3, 0.4) is 0 Å². The van der Waals surface area contributed by atoms with Gasteiger partial charge in [0.15, 0.2) is 0 Å². The molecule has 3 rings (SSSR count). The van der Waals surface area contributed by atoms with Gasteiger partial charge in [-0.15, -0.1) is 17.4 Å². The number of hydrogen-bond donors (Lipinski definition) is 1. The Hall–Kier alpha value is -1.42. The van der Waals surface area contributed by atoms with Gasteiger partial charge in [0.25, 0.3) is 0 Å². The third-order valence-corrected chi connectivity index (χ3v) is 3.70. The highest BCUT2D eigenvalue weighted by Gasteiger charge is 2.31. The molecule has 0 amide bonds. The maximum atomic E-state index is 9.82. The molecule has 1 N–H and O–H groups in total. The molecule has 0 saturated carbocycles. The van der Waals surface area contributed by atoms with Crippen LogP contribution >= 0.6 is 0 Å². The van der Waals surface area contributed by atoms with Crippen LogP contribution in [-0.4, -0.2) is 51.6 Å². The first-order chi connectivity index (χ1) is 10.6. The highest BCUT2D eigenvalue weighted by Crippen LogP contribution is 2.27. The third kappa shape index (κ3) is 2.70. The summed E-state index contributed by atoms with van der Waals surface area (Å²) in [5.74, 6) is 2.56. The fourth-order valence-electron chi connectivity index (χ4n) is 2.58. The van der Waals surface area contributed by atoms with Gasteiger partial charge in [-0.25, -0.2) is 4.68 Å². The first-order valence-corrected chi connectivity index (χ1v) is 6.74. The van der Waals surface area contributed by atoms with Gasteiger partial charge in [0.05, 0.1) is 32.8 Å².